The molecule has 0 aliphatic heterocycles. The van der Waals surface area contributed by atoms with Gasteiger partial charge in [-0.3, -0.25) is 4.68 Å². The van der Waals surface area contributed by atoms with Crippen molar-refractivity contribution in [3.8, 4) is 5.75 Å². The third-order valence-electron chi connectivity index (χ3n) is 7.25. The highest BCUT2D eigenvalue weighted by Gasteiger charge is 2.27. The molecule has 0 aliphatic carbocycles. The lowest BCUT2D eigenvalue weighted by atomic mass is 10.1. The molecule has 1 amide bonds. The Labute approximate surface area is 293 Å². The highest BCUT2D eigenvalue weighted by atomic mass is 32.3. The van der Waals surface area contributed by atoms with Crippen molar-refractivity contribution in [2.45, 2.75) is 86.9 Å². The van der Waals surface area contributed by atoms with E-state index >= 15 is 0 Å². The van der Waals surface area contributed by atoms with Crippen molar-refractivity contribution in [2.24, 2.45) is 3.77 Å². The van der Waals surface area contributed by atoms with Gasteiger partial charge < -0.3 is 19.5 Å². The summed E-state index contributed by atoms with van der Waals surface area (Å²) in [5.41, 5.74) is 1.87. The molecule has 0 fully saturated rings. The van der Waals surface area contributed by atoms with Gasteiger partial charge in [0.15, 0.2) is 5.03 Å². The standard InChI is InChI=1S/C35H43N5O8S2/c1-25-9-17-29(18-10-25)49(43,39-50(44,45)30-19-11-26(2)12-20-30)32-24-40(38-37-32)21-7-8-22-47-28-15-13-27(14-16-28)23-31(33(41)46-6)36-34(42)48-35(3,4)5/h9-20,24,31H,7-8,21-23H2,1-6H3,(H,36,42)/t31-,49?/m0/s1. The van der Waals surface area contributed by atoms with Gasteiger partial charge in [-0.1, -0.05) is 56.5 Å². The minimum atomic E-state index is -4.29. The monoisotopic (exact) mass is 725 g/mol. The molecule has 2 atom stereocenters. The highest BCUT2D eigenvalue weighted by Crippen LogP contribution is 2.26. The molecular formula is C35H43N5O8S2. The van der Waals surface area contributed by atoms with E-state index in [9.17, 15) is 22.2 Å². The Morgan fingerprint density at radius 2 is 1.48 bits per heavy atom. The Morgan fingerprint density at radius 3 is 2.06 bits per heavy atom. The molecular weight excluding hydrogens is 683 g/mol. The Bertz CT molecular complexity index is 2000. The molecule has 268 valence electrons. The zero-order valence-electron chi connectivity index (χ0n) is 29.0. The van der Waals surface area contributed by atoms with Crippen LogP contribution >= 0.6 is 0 Å². The number of nitrogens with one attached hydrogen (secondary N) is 1. The second kappa shape index (κ2) is 16.3. The van der Waals surface area contributed by atoms with Gasteiger partial charge in [-0.25, -0.2) is 13.8 Å². The molecule has 0 spiro atoms. The average Bonchev–Trinajstić information content (AvgIpc) is 3.54. The van der Waals surface area contributed by atoms with Crippen molar-refractivity contribution in [3.63, 3.8) is 0 Å². The number of aromatic nitrogens is 3. The van der Waals surface area contributed by atoms with E-state index in [1.807, 2.05) is 13.8 Å². The van der Waals surface area contributed by atoms with E-state index in [2.05, 4.69) is 19.4 Å². The Kier molecular flexibility index (Phi) is 12.4. The largest absolute Gasteiger partial charge is 0.494 e. The first-order valence-electron chi connectivity index (χ1n) is 15.9. The molecule has 1 N–H and O–H groups in total. The molecule has 0 saturated heterocycles. The number of nitrogens with zero attached hydrogens (tertiary/aromatic N) is 4. The van der Waals surface area contributed by atoms with Gasteiger partial charge in [0, 0.05) is 13.0 Å². The van der Waals surface area contributed by atoms with E-state index in [0.29, 0.717) is 31.7 Å². The maximum Gasteiger partial charge on any atom is 0.408 e. The maximum absolute atomic E-state index is 14.4. The van der Waals surface area contributed by atoms with Crippen LogP contribution in [-0.2, 0) is 47.0 Å². The van der Waals surface area contributed by atoms with Gasteiger partial charge in [0.05, 0.1) is 29.7 Å². The Balaban J connectivity index is 1.36. The van der Waals surface area contributed by atoms with Gasteiger partial charge in [-0.15, -0.1) is 5.10 Å². The van der Waals surface area contributed by atoms with Gasteiger partial charge in [0.25, 0.3) is 10.0 Å². The number of benzene rings is 3. The van der Waals surface area contributed by atoms with Crippen LogP contribution in [0, 0.1) is 13.8 Å². The van der Waals surface area contributed by atoms with Crippen LogP contribution in [0.3, 0.4) is 0 Å². The van der Waals surface area contributed by atoms with Gasteiger partial charge in [0.1, 0.15) is 27.1 Å². The topological polar surface area (TPSA) is 168 Å². The van der Waals surface area contributed by atoms with E-state index in [0.717, 1.165) is 16.7 Å². The molecule has 1 heterocycles. The number of hydrogen-bond donors (Lipinski definition) is 1. The summed E-state index contributed by atoms with van der Waals surface area (Å²) in [6, 6.07) is 19.1. The molecule has 15 heteroatoms. The molecule has 0 radical (unpaired) electrons. The van der Waals surface area contributed by atoms with E-state index < -0.39 is 43.5 Å². The Morgan fingerprint density at radius 1 is 0.880 bits per heavy atom. The summed E-state index contributed by atoms with van der Waals surface area (Å²) >= 11 is 0. The van der Waals surface area contributed by atoms with Crippen molar-refractivity contribution in [1.29, 1.82) is 0 Å². The maximum atomic E-state index is 14.4. The van der Waals surface area contributed by atoms with Crippen molar-refractivity contribution in [2.75, 3.05) is 13.7 Å². The first kappa shape index (κ1) is 38.0. The van der Waals surface area contributed by atoms with Crippen LogP contribution in [0.15, 0.2) is 97.6 Å². The number of aryl methyl sites for hydroxylation is 3. The lowest BCUT2D eigenvalue weighted by Crippen LogP contribution is -2.45. The van der Waals surface area contributed by atoms with Gasteiger partial charge in [-0.2, -0.15) is 8.42 Å². The molecule has 0 bridgehead atoms. The zero-order valence-corrected chi connectivity index (χ0v) is 30.6. The normalized spacial score (nSPS) is 13.5. The SMILES string of the molecule is COC(=O)[C@H](Cc1ccc(OCCCCn2cc(S(=O)(=NS(=O)(=O)c3ccc(C)cc3)c3ccc(C)cc3)nn2)cc1)NC(=O)OC(C)(C)C. The highest BCUT2D eigenvalue weighted by molar-refractivity contribution is 8.03. The number of rotatable bonds is 14. The fraction of sp³-hybridized carbons (Fsp3) is 0.371. The summed E-state index contributed by atoms with van der Waals surface area (Å²) < 4.78 is 62.4. The van der Waals surface area contributed by atoms with E-state index in [4.69, 9.17) is 14.2 Å². The van der Waals surface area contributed by atoms with Crippen LogP contribution in [0.1, 0.15) is 50.3 Å². The predicted octanol–water partition coefficient (Wildman–Crippen LogP) is 5.64. The van der Waals surface area contributed by atoms with Gasteiger partial charge in [-0.05, 0) is 89.4 Å². The van der Waals surface area contributed by atoms with Crippen LogP contribution < -0.4 is 10.1 Å². The number of alkyl carbamates (subject to hydrolysis) is 1. The van der Waals surface area contributed by atoms with Crippen LogP contribution in [0.5, 0.6) is 5.75 Å². The third kappa shape index (κ3) is 10.6. The summed E-state index contributed by atoms with van der Waals surface area (Å²) in [6.45, 7) is 9.73. The molecule has 0 aliphatic rings. The number of sulfonamides is 1. The molecule has 50 heavy (non-hydrogen) atoms. The molecule has 1 aromatic heterocycles. The summed E-state index contributed by atoms with van der Waals surface area (Å²) in [7, 11) is -6.73. The minimum absolute atomic E-state index is 0.0517. The predicted molar refractivity (Wildman–Crippen MR) is 187 cm³/mol. The van der Waals surface area contributed by atoms with Crippen molar-refractivity contribution in [3.05, 3.63) is 95.7 Å². The lowest BCUT2D eigenvalue weighted by Gasteiger charge is -2.22. The minimum Gasteiger partial charge on any atom is -0.494 e. The van der Waals surface area contributed by atoms with Crippen molar-refractivity contribution in [1.82, 2.24) is 20.3 Å². The van der Waals surface area contributed by atoms with Crippen molar-refractivity contribution >= 4 is 31.8 Å². The molecule has 0 saturated carbocycles. The number of unbranched alkanes of at least 4 members (excludes halogenated alkanes) is 1. The molecule has 1 unspecified atom stereocenters. The van der Waals surface area contributed by atoms with E-state index in [1.165, 1.54) is 30.1 Å². The third-order valence-corrected chi connectivity index (χ3v) is 11.4. The number of carbonyl (C=O) groups is 2. The number of methoxy groups -OCH3 is 1. The fourth-order valence-corrected chi connectivity index (χ4v) is 8.38. The first-order chi connectivity index (χ1) is 23.6. The quantitative estimate of drug-likeness (QED) is 0.127. The number of hydrogen-bond acceptors (Lipinski definition) is 10. The lowest BCUT2D eigenvalue weighted by molar-refractivity contribution is -0.143. The smallest absolute Gasteiger partial charge is 0.408 e. The van der Waals surface area contributed by atoms with E-state index in [-0.39, 0.29) is 21.2 Å². The van der Waals surface area contributed by atoms with Crippen molar-refractivity contribution < 1.29 is 36.4 Å². The molecule has 13 nitrogen and oxygen atoms in total. The first-order valence-corrected chi connectivity index (χ1v) is 18.9. The summed E-state index contributed by atoms with van der Waals surface area (Å²) in [6.07, 6.45) is 2.25. The summed E-state index contributed by atoms with van der Waals surface area (Å²) in [4.78, 5) is 24.6. The summed E-state index contributed by atoms with van der Waals surface area (Å²) in [5, 5.41) is 10.7. The van der Waals surface area contributed by atoms with Crippen LogP contribution in [0.25, 0.3) is 0 Å². The van der Waals surface area contributed by atoms with Crippen LogP contribution in [-0.4, -0.2) is 65.0 Å². The zero-order chi connectivity index (χ0) is 36.5. The van der Waals surface area contributed by atoms with Crippen LogP contribution in [0.2, 0.25) is 0 Å². The van der Waals surface area contributed by atoms with Crippen LogP contribution in [0.4, 0.5) is 4.79 Å². The average molecular weight is 726 g/mol. The molecule has 4 aromatic rings. The number of esters is 1. The molecule has 4 rings (SSSR count). The van der Waals surface area contributed by atoms with Gasteiger partial charge >= 0.3 is 12.1 Å². The summed E-state index contributed by atoms with van der Waals surface area (Å²) in [5.74, 6) is 0.0376. The number of amides is 1. The van der Waals surface area contributed by atoms with E-state index in [1.54, 1.807) is 81.4 Å². The van der Waals surface area contributed by atoms with Gasteiger partial charge in [0.2, 0.25) is 0 Å². The fourth-order valence-electron chi connectivity index (χ4n) is 4.64. The molecule has 3 aromatic carbocycles. The second-order valence-electron chi connectivity index (χ2n) is 12.6. The Hall–Kier alpha value is -4.76. The number of carbonyl (C=O) groups excluding carboxylic acids is 2. The second-order valence-corrected chi connectivity index (χ2v) is 16.6. The number of ether oxygens (including phenoxy) is 3.